The fraction of sp³-hybridized carbons (Fsp3) is 0.857. The molecule has 0 N–H and O–H groups in total. The second kappa shape index (κ2) is 5.65. The second-order valence-corrected chi connectivity index (χ2v) is 6.36. The van der Waals surface area contributed by atoms with Gasteiger partial charge < -0.3 is 0 Å². The number of unbranched alkanes of at least 4 members (excludes halogenated alkanes) is 1. The molecule has 0 aliphatic rings. The Balaban J connectivity index is 2.96. The highest BCUT2D eigenvalue weighted by atomic mass is 15.4. The first-order valence-corrected chi connectivity index (χ1v) is 6.78. The minimum absolute atomic E-state index is 0.277. The first-order chi connectivity index (χ1) is 7.85. The molecule has 0 radical (unpaired) electrons. The van der Waals surface area contributed by atoms with Gasteiger partial charge in [-0.2, -0.15) is 0 Å². The number of rotatable bonds is 5. The number of hydrogen-bond donors (Lipinski definition) is 0. The van der Waals surface area contributed by atoms with Crippen LogP contribution in [-0.2, 0) is 12.8 Å². The average molecular weight is 237 g/mol. The third kappa shape index (κ3) is 4.14. The summed E-state index contributed by atoms with van der Waals surface area (Å²) < 4.78 is 2.09. The Morgan fingerprint density at radius 2 is 1.88 bits per heavy atom. The molecule has 0 atom stereocenters. The van der Waals surface area contributed by atoms with Crippen LogP contribution in [0.5, 0.6) is 0 Å². The molecule has 0 unspecified atom stereocenters. The molecule has 1 rings (SSSR count). The lowest BCUT2D eigenvalue weighted by molar-refractivity contribution is 0.404. The van der Waals surface area contributed by atoms with Gasteiger partial charge in [-0.05, 0) is 38.5 Å². The van der Waals surface area contributed by atoms with E-state index in [1.165, 1.54) is 24.2 Å². The Hall–Kier alpha value is -0.860. The highest BCUT2D eigenvalue weighted by molar-refractivity contribution is 5.13. The van der Waals surface area contributed by atoms with E-state index >= 15 is 0 Å². The van der Waals surface area contributed by atoms with Crippen molar-refractivity contribution < 1.29 is 0 Å². The van der Waals surface area contributed by atoms with Gasteiger partial charge in [-0.15, -0.1) is 5.10 Å². The number of nitrogens with zero attached hydrogens (tertiary/aromatic N) is 3. The van der Waals surface area contributed by atoms with E-state index in [2.05, 4.69) is 56.5 Å². The van der Waals surface area contributed by atoms with Gasteiger partial charge in [0.15, 0.2) is 0 Å². The predicted octanol–water partition coefficient (Wildman–Crippen LogP) is 3.79. The highest BCUT2D eigenvalue weighted by Crippen LogP contribution is 2.23. The molecule has 17 heavy (non-hydrogen) atoms. The first kappa shape index (κ1) is 14.2. The third-order valence-electron chi connectivity index (χ3n) is 2.83. The monoisotopic (exact) mass is 237 g/mol. The lowest BCUT2D eigenvalue weighted by atomic mass is 9.89. The second-order valence-electron chi connectivity index (χ2n) is 6.36. The maximum atomic E-state index is 4.39. The number of hydrogen-bond acceptors (Lipinski definition) is 2. The zero-order chi connectivity index (χ0) is 13.1. The summed E-state index contributed by atoms with van der Waals surface area (Å²) in [6.45, 7) is 13.3. The van der Waals surface area contributed by atoms with Gasteiger partial charge in [-0.1, -0.05) is 39.3 Å². The van der Waals surface area contributed by atoms with Crippen LogP contribution in [0.4, 0.5) is 0 Å². The molecule has 0 saturated carbocycles. The van der Waals surface area contributed by atoms with Crippen LogP contribution in [-0.4, -0.2) is 15.0 Å². The summed E-state index contributed by atoms with van der Waals surface area (Å²) in [5.74, 6) is 0. The van der Waals surface area contributed by atoms with Crippen LogP contribution in [0.15, 0.2) is 0 Å². The first-order valence-electron chi connectivity index (χ1n) is 6.78. The van der Waals surface area contributed by atoms with Crippen molar-refractivity contribution in [3.63, 3.8) is 0 Å². The van der Waals surface area contributed by atoms with E-state index in [0.29, 0.717) is 6.04 Å². The maximum absolute atomic E-state index is 4.39. The van der Waals surface area contributed by atoms with Crippen LogP contribution < -0.4 is 0 Å². The van der Waals surface area contributed by atoms with Gasteiger partial charge in [-0.25, -0.2) is 4.68 Å². The molecule has 98 valence electrons. The Bertz CT molecular complexity index is 345. The van der Waals surface area contributed by atoms with Crippen molar-refractivity contribution >= 4 is 0 Å². The topological polar surface area (TPSA) is 30.7 Å². The van der Waals surface area contributed by atoms with E-state index in [9.17, 15) is 0 Å². The molecule has 0 aliphatic carbocycles. The molecule has 0 amide bonds. The summed E-state index contributed by atoms with van der Waals surface area (Å²) in [6, 6.07) is 0.406. The highest BCUT2D eigenvalue weighted by Gasteiger charge is 2.20. The normalized spacial score (nSPS) is 12.4. The standard InChI is InChI=1S/C14H27N3/c1-7-8-9-13-12(10-14(4,5)6)15-16-17(13)11(2)3/h11H,7-10H2,1-6H3. The summed E-state index contributed by atoms with van der Waals surface area (Å²) in [6.07, 6.45) is 4.56. The summed E-state index contributed by atoms with van der Waals surface area (Å²) >= 11 is 0. The molecule has 3 nitrogen and oxygen atoms in total. The Morgan fingerprint density at radius 1 is 1.24 bits per heavy atom. The van der Waals surface area contributed by atoms with Crippen molar-refractivity contribution in [1.29, 1.82) is 0 Å². The summed E-state index contributed by atoms with van der Waals surface area (Å²) in [5.41, 5.74) is 2.81. The molecule has 0 bridgehead atoms. The quantitative estimate of drug-likeness (QED) is 0.780. The smallest absolute Gasteiger partial charge is 0.0864 e. The fourth-order valence-corrected chi connectivity index (χ4v) is 2.00. The summed E-state index contributed by atoms with van der Waals surface area (Å²) in [5, 5.41) is 8.71. The largest absolute Gasteiger partial charge is 0.247 e. The van der Waals surface area contributed by atoms with Gasteiger partial charge in [0.1, 0.15) is 0 Å². The molecule has 0 spiro atoms. The van der Waals surface area contributed by atoms with Gasteiger partial charge in [0.2, 0.25) is 0 Å². The average Bonchev–Trinajstić information content (AvgIpc) is 2.55. The van der Waals surface area contributed by atoms with Crippen molar-refractivity contribution in [2.45, 2.75) is 73.3 Å². The molecule has 0 aromatic carbocycles. The molecule has 0 saturated heterocycles. The molecule has 1 aromatic heterocycles. The number of aromatic nitrogens is 3. The van der Waals surface area contributed by atoms with E-state index in [1.54, 1.807) is 0 Å². The maximum Gasteiger partial charge on any atom is 0.0864 e. The van der Waals surface area contributed by atoms with Gasteiger partial charge in [0, 0.05) is 6.04 Å². The third-order valence-corrected chi connectivity index (χ3v) is 2.83. The Labute approximate surface area is 106 Å². The van der Waals surface area contributed by atoms with E-state index < -0.39 is 0 Å². The van der Waals surface area contributed by atoms with Crippen molar-refractivity contribution in [2.75, 3.05) is 0 Å². The van der Waals surface area contributed by atoms with E-state index in [-0.39, 0.29) is 5.41 Å². The van der Waals surface area contributed by atoms with E-state index in [0.717, 1.165) is 12.8 Å². The van der Waals surface area contributed by atoms with E-state index in [4.69, 9.17) is 0 Å². The SMILES string of the molecule is CCCCc1c(CC(C)(C)C)nnn1C(C)C. The zero-order valence-corrected chi connectivity index (χ0v) is 12.2. The minimum atomic E-state index is 0.277. The van der Waals surface area contributed by atoms with Crippen LogP contribution in [0.25, 0.3) is 0 Å². The Kier molecular flexibility index (Phi) is 4.72. The van der Waals surface area contributed by atoms with Gasteiger partial charge >= 0.3 is 0 Å². The minimum Gasteiger partial charge on any atom is -0.247 e. The van der Waals surface area contributed by atoms with Crippen molar-refractivity contribution in [3.05, 3.63) is 11.4 Å². The molecule has 0 aliphatic heterocycles. The van der Waals surface area contributed by atoms with Crippen LogP contribution in [0.3, 0.4) is 0 Å². The summed E-state index contributed by atoms with van der Waals surface area (Å²) in [4.78, 5) is 0. The Morgan fingerprint density at radius 3 is 2.35 bits per heavy atom. The van der Waals surface area contributed by atoms with Crippen molar-refractivity contribution in [2.24, 2.45) is 5.41 Å². The van der Waals surface area contributed by atoms with Gasteiger partial charge in [0.05, 0.1) is 11.4 Å². The molecular formula is C14H27N3. The molecule has 1 aromatic rings. The fourth-order valence-electron chi connectivity index (χ4n) is 2.00. The van der Waals surface area contributed by atoms with Crippen LogP contribution in [0.2, 0.25) is 0 Å². The zero-order valence-electron chi connectivity index (χ0n) is 12.2. The predicted molar refractivity (Wildman–Crippen MR) is 72.2 cm³/mol. The molecular weight excluding hydrogens is 210 g/mol. The van der Waals surface area contributed by atoms with Gasteiger partial charge in [0.25, 0.3) is 0 Å². The van der Waals surface area contributed by atoms with Crippen molar-refractivity contribution in [1.82, 2.24) is 15.0 Å². The molecule has 1 heterocycles. The van der Waals surface area contributed by atoms with Gasteiger partial charge in [-0.3, -0.25) is 0 Å². The molecule has 0 fully saturated rings. The van der Waals surface area contributed by atoms with Crippen molar-refractivity contribution in [3.8, 4) is 0 Å². The van der Waals surface area contributed by atoms with E-state index in [1.807, 2.05) is 0 Å². The van der Waals surface area contributed by atoms with Crippen LogP contribution in [0, 0.1) is 5.41 Å². The van der Waals surface area contributed by atoms with Crippen LogP contribution in [0.1, 0.15) is 71.8 Å². The summed E-state index contributed by atoms with van der Waals surface area (Å²) in [7, 11) is 0. The van der Waals surface area contributed by atoms with Crippen LogP contribution >= 0.6 is 0 Å². The lowest BCUT2D eigenvalue weighted by Gasteiger charge is -2.18. The lowest BCUT2D eigenvalue weighted by Crippen LogP contribution is -2.13. The molecule has 3 heteroatoms.